The Morgan fingerprint density at radius 3 is 3.21 bits per heavy atom. The second-order valence-corrected chi connectivity index (χ2v) is 4.79. The van der Waals surface area contributed by atoms with E-state index >= 15 is 0 Å². The molecule has 2 N–H and O–H groups in total. The molecule has 96 valence electrons. The summed E-state index contributed by atoms with van der Waals surface area (Å²) in [6.07, 6.45) is 5.24. The Morgan fingerprint density at radius 1 is 1.53 bits per heavy atom. The smallest absolute Gasteiger partial charge is 0.260 e. The van der Waals surface area contributed by atoms with Crippen LogP contribution in [0.4, 0.5) is 0 Å². The molecule has 0 aliphatic rings. The highest BCUT2D eigenvalue weighted by atomic mass is 32.1. The summed E-state index contributed by atoms with van der Waals surface area (Å²) >= 11 is 1.53. The number of aromatic amines is 1. The SMILES string of the molecule is O=C(NCc1cn2ccsc2n1)c1ccc[nH]c1=O. The molecule has 0 spiro atoms. The van der Waals surface area contributed by atoms with Gasteiger partial charge >= 0.3 is 0 Å². The zero-order chi connectivity index (χ0) is 13.2. The highest BCUT2D eigenvalue weighted by Crippen LogP contribution is 2.11. The van der Waals surface area contributed by atoms with Gasteiger partial charge in [-0.15, -0.1) is 11.3 Å². The second kappa shape index (κ2) is 4.69. The van der Waals surface area contributed by atoms with Crippen LogP contribution in [0.2, 0.25) is 0 Å². The molecular formula is C12H10N4O2S. The standard InChI is InChI=1S/C12H10N4O2S/c17-10-9(2-1-3-13-10)11(18)14-6-8-7-16-4-5-19-12(16)15-8/h1-5,7H,6H2,(H,13,17)(H,14,18). The molecule has 7 heteroatoms. The molecule has 0 bridgehead atoms. The quantitative estimate of drug-likeness (QED) is 0.748. The third-order valence-corrected chi connectivity index (χ3v) is 3.41. The Morgan fingerprint density at radius 2 is 2.42 bits per heavy atom. The highest BCUT2D eigenvalue weighted by Gasteiger charge is 2.10. The van der Waals surface area contributed by atoms with Crippen molar-refractivity contribution in [2.24, 2.45) is 0 Å². The number of hydrogen-bond donors (Lipinski definition) is 2. The van der Waals surface area contributed by atoms with E-state index in [4.69, 9.17) is 0 Å². The van der Waals surface area contributed by atoms with Crippen LogP contribution < -0.4 is 10.9 Å². The molecule has 3 rings (SSSR count). The third kappa shape index (κ3) is 2.27. The summed E-state index contributed by atoms with van der Waals surface area (Å²) in [7, 11) is 0. The average Bonchev–Trinajstić information content (AvgIpc) is 2.97. The van der Waals surface area contributed by atoms with Gasteiger partial charge in [-0.1, -0.05) is 0 Å². The maximum absolute atomic E-state index is 11.8. The number of carbonyl (C=O) groups excluding carboxylic acids is 1. The molecule has 0 aliphatic heterocycles. The molecule has 3 aromatic rings. The van der Waals surface area contributed by atoms with Gasteiger partial charge < -0.3 is 10.3 Å². The molecule has 6 nitrogen and oxygen atoms in total. The summed E-state index contributed by atoms with van der Waals surface area (Å²) in [6, 6.07) is 3.10. The molecule has 1 amide bonds. The molecule has 3 heterocycles. The van der Waals surface area contributed by atoms with E-state index in [1.54, 1.807) is 6.07 Å². The normalized spacial score (nSPS) is 10.7. The first kappa shape index (κ1) is 11.7. The summed E-state index contributed by atoms with van der Waals surface area (Å²) in [4.78, 5) is 30.9. The Hall–Kier alpha value is -2.41. The van der Waals surface area contributed by atoms with E-state index in [0.717, 1.165) is 10.7 Å². The largest absolute Gasteiger partial charge is 0.346 e. The first-order chi connectivity index (χ1) is 9.24. The van der Waals surface area contributed by atoms with Gasteiger partial charge in [-0.2, -0.15) is 0 Å². The van der Waals surface area contributed by atoms with Crippen molar-refractivity contribution in [1.29, 1.82) is 0 Å². The molecule has 0 unspecified atom stereocenters. The maximum Gasteiger partial charge on any atom is 0.260 e. The Kier molecular flexibility index (Phi) is 2.88. The number of pyridine rings is 1. The van der Waals surface area contributed by atoms with Crippen LogP contribution >= 0.6 is 11.3 Å². The van der Waals surface area contributed by atoms with Crippen LogP contribution in [0.3, 0.4) is 0 Å². The average molecular weight is 274 g/mol. The fraction of sp³-hybridized carbons (Fsp3) is 0.0833. The molecule has 0 radical (unpaired) electrons. The van der Waals surface area contributed by atoms with Crippen molar-refractivity contribution in [2.45, 2.75) is 6.54 Å². The van der Waals surface area contributed by atoms with Gasteiger partial charge in [0.2, 0.25) is 0 Å². The van der Waals surface area contributed by atoms with Gasteiger partial charge in [0.1, 0.15) is 5.56 Å². The summed E-state index contributed by atoms with van der Waals surface area (Å²) in [5, 5.41) is 4.62. The minimum absolute atomic E-state index is 0.100. The fourth-order valence-electron chi connectivity index (χ4n) is 1.73. The number of rotatable bonds is 3. The predicted octanol–water partition coefficient (Wildman–Crippen LogP) is 1.01. The van der Waals surface area contributed by atoms with E-state index in [-0.39, 0.29) is 5.56 Å². The van der Waals surface area contributed by atoms with Crippen molar-refractivity contribution in [2.75, 3.05) is 0 Å². The Balaban J connectivity index is 1.72. The first-order valence-electron chi connectivity index (χ1n) is 5.61. The van der Waals surface area contributed by atoms with Crippen molar-refractivity contribution in [1.82, 2.24) is 19.7 Å². The maximum atomic E-state index is 11.8. The van der Waals surface area contributed by atoms with Crippen LogP contribution in [0.15, 0.2) is 40.9 Å². The molecule has 0 fully saturated rings. The van der Waals surface area contributed by atoms with Crippen molar-refractivity contribution < 1.29 is 4.79 Å². The fourth-order valence-corrected chi connectivity index (χ4v) is 2.45. The number of thiazole rings is 1. The number of H-pyrrole nitrogens is 1. The van der Waals surface area contributed by atoms with Gasteiger partial charge in [0.25, 0.3) is 11.5 Å². The van der Waals surface area contributed by atoms with Gasteiger partial charge in [0.05, 0.1) is 12.2 Å². The highest BCUT2D eigenvalue weighted by molar-refractivity contribution is 7.15. The molecule has 0 aromatic carbocycles. The van der Waals surface area contributed by atoms with E-state index in [9.17, 15) is 9.59 Å². The number of hydrogen-bond acceptors (Lipinski definition) is 4. The number of nitrogens with one attached hydrogen (secondary N) is 2. The number of nitrogens with zero attached hydrogens (tertiary/aromatic N) is 2. The molecule has 19 heavy (non-hydrogen) atoms. The van der Waals surface area contributed by atoms with Crippen molar-refractivity contribution in [3.8, 4) is 0 Å². The predicted molar refractivity (Wildman–Crippen MR) is 71.3 cm³/mol. The lowest BCUT2D eigenvalue weighted by atomic mass is 10.2. The third-order valence-electron chi connectivity index (χ3n) is 2.64. The van der Waals surface area contributed by atoms with Crippen LogP contribution in [0.1, 0.15) is 16.1 Å². The zero-order valence-corrected chi connectivity index (χ0v) is 10.6. The van der Waals surface area contributed by atoms with Crippen LogP contribution in [0.25, 0.3) is 4.96 Å². The summed E-state index contributed by atoms with van der Waals surface area (Å²) in [5.41, 5.74) is 0.460. The van der Waals surface area contributed by atoms with E-state index < -0.39 is 11.5 Å². The second-order valence-electron chi connectivity index (χ2n) is 3.92. The van der Waals surface area contributed by atoms with Crippen LogP contribution in [0.5, 0.6) is 0 Å². The zero-order valence-electron chi connectivity index (χ0n) is 9.79. The number of fused-ring (bicyclic) bond motifs is 1. The lowest BCUT2D eigenvalue weighted by Gasteiger charge is -2.01. The van der Waals surface area contributed by atoms with Gasteiger partial charge in [-0.25, -0.2) is 4.98 Å². The summed E-state index contributed by atoms with van der Waals surface area (Å²) in [5.74, 6) is -0.404. The Bertz CT molecular complexity index is 757. The summed E-state index contributed by atoms with van der Waals surface area (Å²) in [6.45, 7) is 0.293. The van der Waals surface area contributed by atoms with Gasteiger partial charge in [-0.05, 0) is 12.1 Å². The lowest BCUT2D eigenvalue weighted by molar-refractivity contribution is 0.0949. The van der Waals surface area contributed by atoms with Gasteiger partial charge in [0, 0.05) is 24.0 Å². The Labute approximate surface area is 111 Å². The van der Waals surface area contributed by atoms with Crippen LogP contribution in [-0.4, -0.2) is 20.3 Å². The van der Waals surface area contributed by atoms with Crippen LogP contribution in [-0.2, 0) is 6.54 Å². The van der Waals surface area contributed by atoms with E-state index in [1.165, 1.54) is 23.6 Å². The van der Waals surface area contributed by atoms with E-state index in [1.807, 2.05) is 22.2 Å². The molecule has 0 atom stereocenters. The minimum Gasteiger partial charge on any atom is -0.346 e. The van der Waals surface area contributed by atoms with Crippen LogP contribution in [0, 0.1) is 0 Å². The topological polar surface area (TPSA) is 79.3 Å². The number of amides is 1. The van der Waals surface area contributed by atoms with Crippen molar-refractivity contribution >= 4 is 22.2 Å². The van der Waals surface area contributed by atoms with Crippen molar-refractivity contribution in [3.05, 3.63) is 57.7 Å². The minimum atomic E-state index is -0.404. The van der Waals surface area contributed by atoms with Crippen molar-refractivity contribution in [3.63, 3.8) is 0 Å². The van der Waals surface area contributed by atoms with E-state index in [0.29, 0.717) is 6.54 Å². The molecular weight excluding hydrogens is 264 g/mol. The summed E-state index contributed by atoms with van der Waals surface area (Å²) < 4.78 is 1.89. The number of aromatic nitrogens is 3. The van der Waals surface area contributed by atoms with Gasteiger partial charge in [0.15, 0.2) is 4.96 Å². The van der Waals surface area contributed by atoms with E-state index in [2.05, 4.69) is 15.3 Å². The number of carbonyl (C=O) groups is 1. The number of imidazole rings is 1. The molecule has 0 saturated carbocycles. The molecule has 3 aromatic heterocycles. The monoisotopic (exact) mass is 274 g/mol. The van der Waals surface area contributed by atoms with Gasteiger partial charge in [-0.3, -0.25) is 14.0 Å². The first-order valence-corrected chi connectivity index (χ1v) is 6.49. The lowest BCUT2D eigenvalue weighted by Crippen LogP contribution is -2.28. The molecule has 0 aliphatic carbocycles. The molecule has 0 saturated heterocycles.